The molecule has 9 heteroatoms. The van der Waals surface area contributed by atoms with E-state index in [1.165, 1.54) is 0 Å². The molecule has 41 heavy (non-hydrogen) atoms. The molecule has 1 aliphatic carbocycles. The van der Waals surface area contributed by atoms with Crippen LogP contribution >= 0.6 is 23.2 Å². The minimum absolute atomic E-state index is 0.0599. The van der Waals surface area contributed by atoms with Crippen LogP contribution in [0.3, 0.4) is 0 Å². The number of amides is 2. The fraction of sp³-hybridized carbons (Fsp3) is 0.500. The van der Waals surface area contributed by atoms with Crippen molar-refractivity contribution in [1.82, 2.24) is 10.2 Å². The molecule has 2 aromatic rings. The Morgan fingerprint density at radius 3 is 2.29 bits per heavy atom. The van der Waals surface area contributed by atoms with Gasteiger partial charge in [0, 0.05) is 27.7 Å². The summed E-state index contributed by atoms with van der Waals surface area (Å²) in [6.07, 6.45) is 6.31. The van der Waals surface area contributed by atoms with Crippen LogP contribution in [0, 0.1) is 11.8 Å². The lowest BCUT2D eigenvalue weighted by atomic mass is 9.75. The summed E-state index contributed by atoms with van der Waals surface area (Å²) in [5.74, 6) is -0.622. The second kappa shape index (κ2) is 13.4. The van der Waals surface area contributed by atoms with Crippen molar-refractivity contribution in [2.75, 3.05) is 6.54 Å². The number of hydrogen-bond acceptors (Lipinski definition) is 4. The van der Waals surface area contributed by atoms with E-state index in [1.54, 1.807) is 30.3 Å². The Morgan fingerprint density at radius 2 is 1.71 bits per heavy atom. The number of nitrogens with zero attached hydrogens (tertiary/aromatic N) is 2. The smallest absolute Gasteiger partial charge is 0.305 e. The SMILES string of the molecule is CCCCCC(c1ccc(C(=O)NCCC(=O)O)cc1)N1C(=O)C(c2cc(Cl)cc(Cl)c2)=NC12CC(C)CC(C)C2. The number of aliphatic carboxylic acids is 1. The van der Waals surface area contributed by atoms with Crippen LogP contribution in [0.25, 0.3) is 0 Å². The molecular formula is C32H39Cl2N3O4. The number of benzene rings is 2. The molecule has 7 nitrogen and oxygen atoms in total. The molecule has 2 N–H and O–H groups in total. The van der Waals surface area contributed by atoms with Gasteiger partial charge in [0.1, 0.15) is 11.4 Å². The highest BCUT2D eigenvalue weighted by atomic mass is 35.5. The van der Waals surface area contributed by atoms with Crippen LogP contribution in [0.2, 0.25) is 10.0 Å². The molecule has 1 fully saturated rings. The molecule has 4 rings (SSSR count). The van der Waals surface area contributed by atoms with Crippen molar-refractivity contribution >= 4 is 46.7 Å². The van der Waals surface area contributed by atoms with Crippen LogP contribution in [0.4, 0.5) is 0 Å². The molecule has 1 saturated carbocycles. The molecule has 0 bridgehead atoms. The van der Waals surface area contributed by atoms with E-state index in [9.17, 15) is 14.4 Å². The zero-order chi connectivity index (χ0) is 29.7. The van der Waals surface area contributed by atoms with E-state index in [-0.39, 0.29) is 30.8 Å². The van der Waals surface area contributed by atoms with Gasteiger partial charge in [-0.2, -0.15) is 0 Å². The number of aliphatic imine (C=N–C) groups is 1. The maximum atomic E-state index is 14.4. The third kappa shape index (κ3) is 7.31. The molecule has 3 unspecified atom stereocenters. The zero-order valence-corrected chi connectivity index (χ0v) is 25.5. The van der Waals surface area contributed by atoms with Crippen molar-refractivity contribution in [2.24, 2.45) is 16.8 Å². The van der Waals surface area contributed by atoms with E-state index < -0.39 is 11.6 Å². The van der Waals surface area contributed by atoms with Gasteiger partial charge < -0.3 is 15.3 Å². The number of carboxylic acid groups (broad SMARTS) is 1. The van der Waals surface area contributed by atoms with Gasteiger partial charge in [0.15, 0.2) is 0 Å². The predicted octanol–water partition coefficient (Wildman–Crippen LogP) is 7.30. The highest BCUT2D eigenvalue weighted by molar-refractivity contribution is 6.47. The third-order valence-electron chi connectivity index (χ3n) is 8.06. The number of carboxylic acids is 1. The molecule has 0 aromatic heterocycles. The van der Waals surface area contributed by atoms with Crippen molar-refractivity contribution in [3.8, 4) is 0 Å². The largest absolute Gasteiger partial charge is 0.481 e. The Hall–Kier alpha value is -2.90. The summed E-state index contributed by atoms with van der Waals surface area (Å²) < 4.78 is 0. The van der Waals surface area contributed by atoms with E-state index in [0.717, 1.165) is 50.5 Å². The molecule has 220 valence electrons. The minimum atomic E-state index is -0.965. The van der Waals surface area contributed by atoms with Gasteiger partial charge >= 0.3 is 5.97 Å². The van der Waals surface area contributed by atoms with Gasteiger partial charge in [-0.15, -0.1) is 0 Å². The molecule has 0 saturated heterocycles. The summed E-state index contributed by atoms with van der Waals surface area (Å²) in [7, 11) is 0. The van der Waals surface area contributed by atoms with Crippen LogP contribution in [-0.4, -0.2) is 45.7 Å². The Morgan fingerprint density at radius 1 is 1.07 bits per heavy atom. The zero-order valence-electron chi connectivity index (χ0n) is 24.0. The number of carbonyl (C=O) groups excluding carboxylic acids is 2. The van der Waals surface area contributed by atoms with Crippen molar-refractivity contribution in [3.05, 3.63) is 69.2 Å². The summed E-state index contributed by atoms with van der Waals surface area (Å²) in [6, 6.07) is 12.2. The molecule has 0 radical (unpaired) electrons. The number of nitrogens with one attached hydrogen (secondary N) is 1. The first-order chi connectivity index (χ1) is 19.5. The summed E-state index contributed by atoms with van der Waals surface area (Å²) in [6.45, 7) is 6.68. The molecule has 2 aliphatic rings. The van der Waals surface area contributed by atoms with Crippen LogP contribution in [0.1, 0.15) is 99.7 Å². The fourth-order valence-corrected chi connectivity index (χ4v) is 7.06. The number of rotatable bonds is 11. The molecule has 2 amide bonds. The van der Waals surface area contributed by atoms with Crippen molar-refractivity contribution in [1.29, 1.82) is 0 Å². The van der Waals surface area contributed by atoms with Crippen LogP contribution in [0.5, 0.6) is 0 Å². The Kier molecular flexibility index (Phi) is 10.1. The van der Waals surface area contributed by atoms with Gasteiger partial charge in [0.05, 0.1) is 12.5 Å². The predicted molar refractivity (Wildman–Crippen MR) is 163 cm³/mol. The molecule has 3 atom stereocenters. The normalized spacial score (nSPS) is 23.0. The number of halogens is 2. The molecule has 1 spiro atoms. The lowest BCUT2D eigenvalue weighted by Crippen LogP contribution is -2.52. The second-order valence-electron chi connectivity index (χ2n) is 11.7. The number of carbonyl (C=O) groups is 3. The monoisotopic (exact) mass is 599 g/mol. The maximum Gasteiger partial charge on any atom is 0.305 e. The van der Waals surface area contributed by atoms with Gasteiger partial charge in [-0.25, -0.2) is 0 Å². The first kappa shape index (κ1) is 31.0. The van der Waals surface area contributed by atoms with Gasteiger partial charge in [0.25, 0.3) is 11.8 Å². The molecule has 1 heterocycles. The van der Waals surface area contributed by atoms with E-state index in [1.807, 2.05) is 17.0 Å². The van der Waals surface area contributed by atoms with Crippen LogP contribution in [0.15, 0.2) is 47.5 Å². The second-order valence-corrected chi connectivity index (χ2v) is 12.5. The van der Waals surface area contributed by atoms with Gasteiger partial charge in [-0.1, -0.05) is 75.4 Å². The first-order valence-corrected chi connectivity index (χ1v) is 15.3. The van der Waals surface area contributed by atoms with Gasteiger partial charge in [0.2, 0.25) is 0 Å². The fourth-order valence-electron chi connectivity index (χ4n) is 6.54. The third-order valence-corrected chi connectivity index (χ3v) is 8.49. The standard InChI is InChI=1S/C32H39Cl2N3O4/c1-4-5-6-7-27(22-8-10-23(11-9-22)30(40)35-13-12-28(38)39)37-31(41)29(24-15-25(33)17-26(34)16-24)36-32(37)18-20(2)14-21(3)19-32/h8-11,15-17,20-21,27H,4-7,12-14,18-19H2,1-3H3,(H,35,40)(H,38,39). The molecule has 2 aromatic carbocycles. The van der Waals surface area contributed by atoms with Gasteiger partial charge in [-0.05, 0) is 73.4 Å². The van der Waals surface area contributed by atoms with E-state index >= 15 is 0 Å². The molecule has 1 aliphatic heterocycles. The summed E-state index contributed by atoms with van der Waals surface area (Å²) in [4.78, 5) is 45.0. The quantitative estimate of drug-likeness (QED) is 0.265. The average molecular weight is 601 g/mol. The van der Waals surface area contributed by atoms with Crippen molar-refractivity contribution in [2.45, 2.75) is 83.8 Å². The van der Waals surface area contributed by atoms with E-state index in [2.05, 4.69) is 26.1 Å². The lowest BCUT2D eigenvalue weighted by molar-refractivity contribution is -0.137. The van der Waals surface area contributed by atoms with E-state index in [0.29, 0.717) is 38.7 Å². The Labute approximate surface area is 252 Å². The minimum Gasteiger partial charge on any atom is -0.481 e. The average Bonchev–Trinajstić information content (AvgIpc) is 3.15. The molecular weight excluding hydrogens is 561 g/mol. The highest BCUT2D eigenvalue weighted by Gasteiger charge is 2.53. The van der Waals surface area contributed by atoms with Crippen molar-refractivity contribution < 1.29 is 19.5 Å². The first-order valence-electron chi connectivity index (χ1n) is 14.5. The van der Waals surface area contributed by atoms with E-state index in [4.69, 9.17) is 33.3 Å². The topological polar surface area (TPSA) is 99.1 Å². The van der Waals surface area contributed by atoms with Crippen molar-refractivity contribution in [3.63, 3.8) is 0 Å². The Balaban J connectivity index is 1.73. The van der Waals surface area contributed by atoms with Gasteiger partial charge in [-0.3, -0.25) is 19.4 Å². The highest BCUT2D eigenvalue weighted by Crippen LogP contribution is 2.49. The summed E-state index contributed by atoms with van der Waals surface area (Å²) in [5.41, 5.74) is 1.73. The maximum absolute atomic E-state index is 14.4. The van der Waals surface area contributed by atoms with Crippen LogP contribution < -0.4 is 5.32 Å². The summed E-state index contributed by atoms with van der Waals surface area (Å²) >= 11 is 12.7. The van der Waals surface area contributed by atoms with Crippen LogP contribution in [-0.2, 0) is 9.59 Å². The Bertz CT molecular complexity index is 1280. The summed E-state index contributed by atoms with van der Waals surface area (Å²) in [5, 5.41) is 12.4. The number of unbranched alkanes of at least 4 members (excludes halogenated alkanes) is 2. The lowest BCUT2D eigenvalue weighted by Gasteiger charge is -2.47. The number of hydrogen-bond donors (Lipinski definition) is 2.